The minimum atomic E-state index is -0.395. The molecule has 0 aliphatic carbocycles. The summed E-state index contributed by atoms with van der Waals surface area (Å²) in [6, 6.07) is 7.88. The van der Waals surface area contributed by atoms with Crippen LogP contribution in [0.3, 0.4) is 0 Å². The zero-order valence-electron chi connectivity index (χ0n) is 16.0. The van der Waals surface area contributed by atoms with Gasteiger partial charge in [-0.25, -0.2) is 9.07 Å². The Morgan fingerprint density at radius 2 is 2.10 bits per heavy atom. The number of benzene rings is 2. The molecule has 2 aromatic carbocycles. The Labute approximate surface area is 181 Å². The second-order valence-electron chi connectivity index (χ2n) is 6.16. The molecule has 0 saturated carbocycles. The van der Waals surface area contributed by atoms with Gasteiger partial charge in [-0.2, -0.15) is 0 Å². The van der Waals surface area contributed by atoms with E-state index in [4.69, 9.17) is 21.1 Å². The van der Waals surface area contributed by atoms with Gasteiger partial charge in [0.05, 0.1) is 12.1 Å². The SMILES string of the molecule is CCCn1nnnc1NCc1c(Br)ccc(OC)c1OCc1ccc(F)cc1Cl. The summed E-state index contributed by atoms with van der Waals surface area (Å²) in [7, 11) is 1.57. The predicted molar refractivity (Wildman–Crippen MR) is 112 cm³/mol. The van der Waals surface area contributed by atoms with Crippen LogP contribution in [0.2, 0.25) is 5.02 Å². The Hall–Kier alpha value is -2.39. The lowest BCUT2D eigenvalue weighted by molar-refractivity contribution is 0.281. The van der Waals surface area contributed by atoms with Crippen molar-refractivity contribution in [1.29, 1.82) is 0 Å². The average molecular weight is 485 g/mol. The molecule has 1 heterocycles. The number of hydrogen-bond acceptors (Lipinski definition) is 6. The van der Waals surface area contributed by atoms with Gasteiger partial charge in [0, 0.05) is 28.7 Å². The quantitative estimate of drug-likeness (QED) is 0.469. The van der Waals surface area contributed by atoms with Gasteiger partial charge >= 0.3 is 0 Å². The molecule has 0 aliphatic rings. The van der Waals surface area contributed by atoms with Gasteiger partial charge in [0.1, 0.15) is 12.4 Å². The van der Waals surface area contributed by atoms with E-state index < -0.39 is 5.82 Å². The third-order valence-electron chi connectivity index (χ3n) is 4.16. The van der Waals surface area contributed by atoms with Gasteiger partial charge in [0.15, 0.2) is 11.5 Å². The van der Waals surface area contributed by atoms with E-state index in [2.05, 4.69) is 43.7 Å². The number of aromatic nitrogens is 4. The highest BCUT2D eigenvalue weighted by atomic mass is 79.9. The largest absolute Gasteiger partial charge is 0.493 e. The van der Waals surface area contributed by atoms with E-state index in [9.17, 15) is 4.39 Å². The van der Waals surface area contributed by atoms with Crippen LogP contribution >= 0.6 is 27.5 Å². The number of anilines is 1. The van der Waals surface area contributed by atoms with E-state index in [0.29, 0.717) is 41.1 Å². The Balaban J connectivity index is 1.83. The van der Waals surface area contributed by atoms with Crippen molar-refractivity contribution in [3.05, 3.63) is 56.8 Å². The first-order valence-electron chi connectivity index (χ1n) is 8.95. The number of rotatable bonds is 9. The molecule has 3 rings (SSSR count). The zero-order valence-corrected chi connectivity index (χ0v) is 18.3. The highest BCUT2D eigenvalue weighted by Gasteiger charge is 2.17. The monoisotopic (exact) mass is 483 g/mol. The number of hydrogen-bond donors (Lipinski definition) is 1. The number of halogens is 3. The lowest BCUT2D eigenvalue weighted by atomic mass is 10.1. The molecule has 0 saturated heterocycles. The van der Waals surface area contributed by atoms with Crippen molar-refractivity contribution in [1.82, 2.24) is 20.2 Å². The first-order chi connectivity index (χ1) is 14.0. The topological polar surface area (TPSA) is 74.1 Å². The van der Waals surface area contributed by atoms with Crippen LogP contribution in [-0.2, 0) is 19.7 Å². The van der Waals surface area contributed by atoms with Crippen LogP contribution in [0, 0.1) is 5.82 Å². The Morgan fingerprint density at radius 1 is 1.28 bits per heavy atom. The number of tetrazole rings is 1. The van der Waals surface area contributed by atoms with Crippen molar-refractivity contribution in [2.45, 2.75) is 33.0 Å². The zero-order chi connectivity index (χ0) is 20.8. The highest BCUT2D eigenvalue weighted by molar-refractivity contribution is 9.10. The molecule has 0 fully saturated rings. The summed E-state index contributed by atoms with van der Waals surface area (Å²) in [5.74, 6) is 1.28. The van der Waals surface area contributed by atoms with Crippen LogP contribution < -0.4 is 14.8 Å². The second kappa shape index (κ2) is 9.89. The summed E-state index contributed by atoms with van der Waals surface area (Å²) in [5.41, 5.74) is 1.49. The van der Waals surface area contributed by atoms with Crippen molar-refractivity contribution < 1.29 is 13.9 Å². The average Bonchev–Trinajstić information content (AvgIpc) is 3.14. The maximum atomic E-state index is 13.3. The summed E-state index contributed by atoms with van der Waals surface area (Å²) < 4.78 is 27.3. The summed E-state index contributed by atoms with van der Waals surface area (Å²) in [6.07, 6.45) is 0.912. The third kappa shape index (κ3) is 5.16. The molecule has 1 N–H and O–H groups in total. The lowest BCUT2D eigenvalue weighted by Gasteiger charge is -2.17. The minimum absolute atomic E-state index is 0.159. The van der Waals surface area contributed by atoms with Gasteiger partial charge in [0.25, 0.3) is 0 Å². The maximum absolute atomic E-state index is 13.3. The molecule has 3 aromatic rings. The highest BCUT2D eigenvalue weighted by Crippen LogP contribution is 2.37. The summed E-state index contributed by atoms with van der Waals surface area (Å²) >= 11 is 9.68. The number of nitrogens with one attached hydrogen (secondary N) is 1. The Morgan fingerprint density at radius 3 is 2.83 bits per heavy atom. The van der Waals surface area contributed by atoms with Crippen molar-refractivity contribution in [3.8, 4) is 11.5 Å². The molecular formula is C19H20BrClFN5O2. The van der Waals surface area contributed by atoms with E-state index in [0.717, 1.165) is 16.5 Å². The number of methoxy groups -OCH3 is 1. The first-order valence-corrected chi connectivity index (χ1v) is 10.1. The smallest absolute Gasteiger partial charge is 0.243 e. The molecule has 7 nitrogen and oxygen atoms in total. The van der Waals surface area contributed by atoms with Gasteiger partial charge in [-0.1, -0.05) is 45.6 Å². The molecule has 0 bridgehead atoms. The molecule has 0 spiro atoms. The van der Waals surface area contributed by atoms with Crippen LogP contribution in [0.4, 0.5) is 10.3 Å². The van der Waals surface area contributed by atoms with Gasteiger partial charge in [-0.3, -0.25) is 0 Å². The summed E-state index contributed by atoms with van der Waals surface area (Å²) in [6.45, 7) is 3.32. The normalized spacial score (nSPS) is 10.8. The molecule has 0 atom stereocenters. The Bertz CT molecular complexity index is 985. The Kier molecular flexibility index (Phi) is 7.27. The molecule has 10 heteroatoms. The molecule has 1 aromatic heterocycles. The molecular weight excluding hydrogens is 465 g/mol. The number of ether oxygens (including phenoxy) is 2. The molecule has 0 unspecified atom stereocenters. The van der Waals surface area contributed by atoms with Crippen LogP contribution in [0.25, 0.3) is 0 Å². The molecule has 0 amide bonds. The van der Waals surface area contributed by atoms with Gasteiger partial charge < -0.3 is 14.8 Å². The number of nitrogens with zero attached hydrogens (tertiary/aromatic N) is 4. The van der Waals surface area contributed by atoms with Crippen LogP contribution in [0.5, 0.6) is 11.5 Å². The van der Waals surface area contributed by atoms with Gasteiger partial charge in [-0.15, -0.1) is 0 Å². The molecule has 154 valence electrons. The van der Waals surface area contributed by atoms with Crippen molar-refractivity contribution in [2.24, 2.45) is 0 Å². The lowest BCUT2D eigenvalue weighted by Crippen LogP contribution is -2.11. The van der Waals surface area contributed by atoms with Crippen LogP contribution in [0.1, 0.15) is 24.5 Å². The predicted octanol–water partition coefficient (Wildman–Crippen LogP) is 4.84. The second-order valence-corrected chi connectivity index (χ2v) is 7.42. The van der Waals surface area contributed by atoms with E-state index >= 15 is 0 Å². The first kappa shape index (κ1) is 21.3. The molecule has 29 heavy (non-hydrogen) atoms. The van der Waals surface area contributed by atoms with Crippen LogP contribution in [0.15, 0.2) is 34.8 Å². The fraction of sp³-hybridized carbons (Fsp3) is 0.316. The van der Waals surface area contributed by atoms with Crippen molar-refractivity contribution in [3.63, 3.8) is 0 Å². The number of aryl methyl sites for hydroxylation is 1. The maximum Gasteiger partial charge on any atom is 0.243 e. The van der Waals surface area contributed by atoms with E-state index in [1.807, 2.05) is 6.07 Å². The van der Waals surface area contributed by atoms with Gasteiger partial charge in [-0.05, 0) is 41.1 Å². The fourth-order valence-electron chi connectivity index (χ4n) is 2.72. The standard InChI is InChI=1S/C19H20BrClFN5O2/c1-3-8-27-19(24-25-26-27)23-10-14-15(20)6-7-17(28-2)18(14)29-11-12-4-5-13(22)9-16(12)21/h4-7,9H,3,8,10-11H2,1-2H3,(H,23,24,26). The van der Waals surface area contributed by atoms with E-state index in [1.165, 1.54) is 12.1 Å². The van der Waals surface area contributed by atoms with Crippen LogP contribution in [-0.4, -0.2) is 27.3 Å². The van der Waals surface area contributed by atoms with E-state index in [-0.39, 0.29) is 6.61 Å². The molecule has 0 radical (unpaired) electrons. The third-order valence-corrected chi connectivity index (χ3v) is 5.26. The van der Waals surface area contributed by atoms with Gasteiger partial charge in [0.2, 0.25) is 5.95 Å². The minimum Gasteiger partial charge on any atom is -0.493 e. The van der Waals surface area contributed by atoms with Crippen molar-refractivity contribution >= 4 is 33.5 Å². The summed E-state index contributed by atoms with van der Waals surface area (Å²) in [4.78, 5) is 0. The summed E-state index contributed by atoms with van der Waals surface area (Å²) in [5, 5.41) is 15.2. The fourth-order valence-corrected chi connectivity index (χ4v) is 3.39. The van der Waals surface area contributed by atoms with E-state index in [1.54, 1.807) is 23.9 Å². The van der Waals surface area contributed by atoms with Crippen molar-refractivity contribution in [2.75, 3.05) is 12.4 Å². The molecule has 0 aliphatic heterocycles.